The van der Waals surface area contributed by atoms with Gasteiger partial charge in [-0.2, -0.15) is 0 Å². The summed E-state index contributed by atoms with van der Waals surface area (Å²) in [5.74, 6) is 0.663. The fourth-order valence-electron chi connectivity index (χ4n) is 0.960. The second-order valence-corrected chi connectivity index (χ2v) is 2.69. The van der Waals surface area contributed by atoms with Gasteiger partial charge in [0.05, 0.1) is 0 Å². The average molecular weight is 150 g/mol. The predicted octanol–water partition coefficient (Wildman–Crippen LogP) is 3.72. The van der Waals surface area contributed by atoms with Crippen LogP contribution in [0.15, 0.2) is 36.5 Å². The standard InChI is InChI=1S/C11H18/c1-5-8-9-11(7-3)10(4)6-2/h5,7-10H,1,6H2,2-4H3/b9-8-,11-7+. The Morgan fingerprint density at radius 3 is 2.55 bits per heavy atom. The van der Waals surface area contributed by atoms with E-state index in [-0.39, 0.29) is 0 Å². The minimum atomic E-state index is 0.663. The molecule has 0 fully saturated rings. The molecule has 0 aromatic rings. The molecule has 0 saturated carbocycles. The summed E-state index contributed by atoms with van der Waals surface area (Å²) in [7, 11) is 0. The minimum absolute atomic E-state index is 0.663. The molecule has 1 unspecified atom stereocenters. The van der Waals surface area contributed by atoms with Gasteiger partial charge in [-0.1, -0.05) is 44.7 Å². The Morgan fingerprint density at radius 2 is 2.18 bits per heavy atom. The molecule has 0 nitrogen and oxygen atoms in total. The van der Waals surface area contributed by atoms with Crippen molar-refractivity contribution >= 4 is 0 Å². The van der Waals surface area contributed by atoms with E-state index in [2.05, 4.69) is 39.5 Å². The summed E-state index contributed by atoms with van der Waals surface area (Å²) in [6.45, 7) is 10.2. The maximum atomic E-state index is 3.64. The molecule has 0 saturated heterocycles. The Hall–Kier alpha value is -0.780. The van der Waals surface area contributed by atoms with E-state index in [1.807, 2.05) is 12.2 Å². The molecule has 0 aromatic heterocycles. The van der Waals surface area contributed by atoms with Crippen LogP contribution in [0, 0.1) is 5.92 Å². The Labute approximate surface area is 70.3 Å². The normalized spacial score (nSPS) is 15.4. The highest BCUT2D eigenvalue weighted by molar-refractivity contribution is 5.22. The van der Waals surface area contributed by atoms with E-state index in [0.29, 0.717) is 5.92 Å². The van der Waals surface area contributed by atoms with Gasteiger partial charge >= 0.3 is 0 Å². The zero-order valence-electron chi connectivity index (χ0n) is 7.80. The molecule has 0 spiro atoms. The van der Waals surface area contributed by atoms with Gasteiger partial charge in [-0.05, 0) is 24.8 Å². The van der Waals surface area contributed by atoms with Crippen LogP contribution in [0.2, 0.25) is 0 Å². The van der Waals surface area contributed by atoms with Crippen molar-refractivity contribution in [2.45, 2.75) is 27.2 Å². The Morgan fingerprint density at radius 1 is 1.55 bits per heavy atom. The zero-order chi connectivity index (χ0) is 8.69. The lowest BCUT2D eigenvalue weighted by molar-refractivity contribution is 0.669. The van der Waals surface area contributed by atoms with Crippen molar-refractivity contribution in [2.24, 2.45) is 5.92 Å². The number of hydrogen-bond donors (Lipinski definition) is 0. The Balaban J connectivity index is 4.18. The minimum Gasteiger partial charge on any atom is -0.0991 e. The summed E-state index contributed by atoms with van der Waals surface area (Å²) < 4.78 is 0. The predicted molar refractivity (Wildman–Crippen MR) is 52.5 cm³/mol. The van der Waals surface area contributed by atoms with Crippen molar-refractivity contribution in [3.63, 3.8) is 0 Å². The van der Waals surface area contributed by atoms with Crippen LogP contribution in [0.25, 0.3) is 0 Å². The van der Waals surface area contributed by atoms with Crippen molar-refractivity contribution in [1.29, 1.82) is 0 Å². The van der Waals surface area contributed by atoms with Crippen LogP contribution < -0.4 is 0 Å². The van der Waals surface area contributed by atoms with Crippen molar-refractivity contribution < 1.29 is 0 Å². The van der Waals surface area contributed by atoms with Crippen LogP contribution in [0.1, 0.15) is 27.2 Å². The highest BCUT2D eigenvalue weighted by atomic mass is 14.0. The monoisotopic (exact) mass is 150 g/mol. The fourth-order valence-corrected chi connectivity index (χ4v) is 0.960. The van der Waals surface area contributed by atoms with E-state index < -0.39 is 0 Å². The molecule has 0 heteroatoms. The zero-order valence-corrected chi connectivity index (χ0v) is 7.80. The van der Waals surface area contributed by atoms with Gasteiger partial charge in [-0.3, -0.25) is 0 Å². The van der Waals surface area contributed by atoms with Crippen molar-refractivity contribution in [3.05, 3.63) is 36.5 Å². The molecule has 0 heterocycles. The molecule has 0 aliphatic heterocycles. The number of allylic oxidation sites excluding steroid dienone is 5. The lowest BCUT2D eigenvalue weighted by Gasteiger charge is -2.08. The first kappa shape index (κ1) is 10.2. The van der Waals surface area contributed by atoms with E-state index in [9.17, 15) is 0 Å². The van der Waals surface area contributed by atoms with E-state index >= 15 is 0 Å². The highest BCUT2D eigenvalue weighted by Gasteiger charge is 1.99. The summed E-state index contributed by atoms with van der Waals surface area (Å²) in [5, 5.41) is 0. The molecule has 0 aromatic carbocycles. The van der Waals surface area contributed by atoms with E-state index in [4.69, 9.17) is 0 Å². The topological polar surface area (TPSA) is 0 Å². The molecule has 62 valence electrons. The molecule has 0 N–H and O–H groups in total. The molecule has 1 atom stereocenters. The maximum absolute atomic E-state index is 3.64. The molecule has 11 heavy (non-hydrogen) atoms. The van der Waals surface area contributed by atoms with Gasteiger partial charge in [0, 0.05) is 0 Å². The van der Waals surface area contributed by atoms with E-state index in [1.165, 1.54) is 12.0 Å². The van der Waals surface area contributed by atoms with Gasteiger partial charge < -0.3 is 0 Å². The molecule has 0 rings (SSSR count). The van der Waals surface area contributed by atoms with Gasteiger partial charge in [-0.15, -0.1) is 0 Å². The molecular formula is C11H18. The Kier molecular flexibility index (Phi) is 5.54. The van der Waals surface area contributed by atoms with Gasteiger partial charge in [0.25, 0.3) is 0 Å². The van der Waals surface area contributed by atoms with E-state index in [0.717, 1.165) is 0 Å². The second kappa shape index (κ2) is 5.96. The van der Waals surface area contributed by atoms with Crippen LogP contribution in [0.3, 0.4) is 0 Å². The first-order valence-electron chi connectivity index (χ1n) is 4.21. The lowest BCUT2D eigenvalue weighted by atomic mass is 9.98. The van der Waals surface area contributed by atoms with Crippen LogP contribution in [0.5, 0.6) is 0 Å². The molecular weight excluding hydrogens is 132 g/mol. The molecule has 0 radical (unpaired) electrons. The summed E-state index contributed by atoms with van der Waals surface area (Å²) in [6.07, 6.45) is 9.28. The SMILES string of the molecule is C=C/C=C\C(=C/C)C(C)CC. The average Bonchev–Trinajstić information content (AvgIpc) is 2.05. The first-order chi connectivity index (χ1) is 5.26. The summed E-state index contributed by atoms with van der Waals surface area (Å²) in [4.78, 5) is 0. The second-order valence-electron chi connectivity index (χ2n) is 2.69. The summed E-state index contributed by atoms with van der Waals surface area (Å²) >= 11 is 0. The first-order valence-corrected chi connectivity index (χ1v) is 4.21. The lowest BCUT2D eigenvalue weighted by Crippen LogP contribution is -1.93. The largest absolute Gasteiger partial charge is 0.0991 e. The quantitative estimate of drug-likeness (QED) is 0.536. The van der Waals surface area contributed by atoms with Crippen molar-refractivity contribution in [3.8, 4) is 0 Å². The van der Waals surface area contributed by atoms with Crippen LogP contribution in [-0.4, -0.2) is 0 Å². The smallest absolute Gasteiger partial charge is 0.0196 e. The number of hydrogen-bond acceptors (Lipinski definition) is 0. The van der Waals surface area contributed by atoms with Gasteiger partial charge in [0.15, 0.2) is 0 Å². The fraction of sp³-hybridized carbons (Fsp3) is 0.455. The van der Waals surface area contributed by atoms with Crippen molar-refractivity contribution in [1.82, 2.24) is 0 Å². The van der Waals surface area contributed by atoms with Crippen molar-refractivity contribution in [2.75, 3.05) is 0 Å². The van der Waals surface area contributed by atoms with Crippen LogP contribution >= 0.6 is 0 Å². The third-order valence-corrected chi connectivity index (χ3v) is 1.94. The summed E-state index contributed by atoms with van der Waals surface area (Å²) in [6, 6.07) is 0. The molecule has 0 aliphatic carbocycles. The van der Waals surface area contributed by atoms with E-state index in [1.54, 1.807) is 0 Å². The van der Waals surface area contributed by atoms with Crippen LogP contribution in [0.4, 0.5) is 0 Å². The molecule has 0 bridgehead atoms. The molecule has 0 amide bonds. The third-order valence-electron chi connectivity index (χ3n) is 1.94. The third kappa shape index (κ3) is 3.82. The molecule has 0 aliphatic rings. The Bertz CT molecular complexity index is 161. The van der Waals surface area contributed by atoms with Gasteiger partial charge in [-0.25, -0.2) is 0 Å². The van der Waals surface area contributed by atoms with Gasteiger partial charge in [0.1, 0.15) is 0 Å². The highest BCUT2D eigenvalue weighted by Crippen LogP contribution is 2.14. The summed E-state index contributed by atoms with van der Waals surface area (Å²) in [5.41, 5.74) is 1.40. The van der Waals surface area contributed by atoms with Gasteiger partial charge in [0.2, 0.25) is 0 Å². The number of rotatable bonds is 4. The van der Waals surface area contributed by atoms with Crippen LogP contribution in [-0.2, 0) is 0 Å². The maximum Gasteiger partial charge on any atom is -0.0196 e.